The smallest absolute Gasteiger partial charge is 0.267 e. The van der Waals surface area contributed by atoms with E-state index in [9.17, 15) is 19.2 Å². The molecule has 0 unspecified atom stereocenters. The van der Waals surface area contributed by atoms with Gasteiger partial charge in [0.15, 0.2) is 0 Å². The predicted octanol–water partition coefficient (Wildman–Crippen LogP) is -1.40. The molecule has 9 nitrogen and oxygen atoms in total. The third kappa shape index (κ3) is 4.65. The van der Waals surface area contributed by atoms with Crippen LogP contribution in [0.25, 0.3) is 0 Å². The van der Waals surface area contributed by atoms with E-state index in [0.29, 0.717) is 18.8 Å². The number of hydrogen-bond acceptors (Lipinski definition) is 5. The lowest BCUT2D eigenvalue weighted by molar-refractivity contribution is -0.133. The number of hydrogen-bond donors (Lipinski definition) is 1. The number of aryl methyl sites for hydroxylation is 1. The molecule has 0 saturated carbocycles. The number of carbonyl (C=O) groups is 3. The van der Waals surface area contributed by atoms with Gasteiger partial charge < -0.3 is 15.1 Å². The second-order valence-corrected chi connectivity index (χ2v) is 6.09. The van der Waals surface area contributed by atoms with Gasteiger partial charge >= 0.3 is 0 Å². The summed E-state index contributed by atoms with van der Waals surface area (Å²) in [5.41, 5.74) is 0.274. The van der Waals surface area contributed by atoms with E-state index in [1.54, 1.807) is 17.9 Å². The monoisotopic (exact) mass is 349 g/mol. The molecule has 0 radical (unpaired) electrons. The molecule has 1 aliphatic heterocycles. The average molecular weight is 349 g/mol. The molecule has 1 aromatic heterocycles. The maximum atomic E-state index is 12.6. The summed E-state index contributed by atoms with van der Waals surface area (Å²) in [6.07, 6.45) is 0. The van der Waals surface area contributed by atoms with Gasteiger partial charge in [-0.2, -0.15) is 5.10 Å². The number of nitrogens with one attached hydrogen (secondary N) is 1. The van der Waals surface area contributed by atoms with E-state index in [0.717, 1.165) is 4.68 Å². The molecule has 9 heteroatoms. The number of carbonyl (C=O) groups excluding carboxylic acids is 3. The van der Waals surface area contributed by atoms with Crippen LogP contribution in [0.2, 0.25) is 0 Å². The van der Waals surface area contributed by atoms with Crippen LogP contribution < -0.4 is 10.9 Å². The van der Waals surface area contributed by atoms with E-state index in [1.807, 2.05) is 0 Å². The molecule has 1 aliphatic rings. The Labute approximate surface area is 145 Å². The van der Waals surface area contributed by atoms with Crippen LogP contribution in [0.15, 0.2) is 16.9 Å². The minimum Gasteiger partial charge on any atom is -0.359 e. The van der Waals surface area contributed by atoms with Crippen molar-refractivity contribution in [2.24, 2.45) is 5.92 Å². The zero-order valence-electron chi connectivity index (χ0n) is 14.7. The molecule has 0 aromatic carbocycles. The summed E-state index contributed by atoms with van der Waals surface area (Å²) in [7, 11) is 1.52. The molecule has 0 bridgehead atoms. The topological polar surface area (TPSA) is 105 Å². The predicted molar refractivity (Wildman–Crippen MR) is 89.6 cm³/mol. The largest absolute Gasteiger partial charge is 0.359 e. The normalized spacial score (nSPS) is 17.8. The zero-order chi connectivity index (χ0) is 18.6. The van der Waals surface area contributed by atoms with Crippen molar-refractivity contribution in [1.29, 1.82) is 0 Å². The lowest BCUT2D eigenvalue weighted by atomic mass is 10.1. The van der Waals surface area contributed by atoms with Crippen molar-refractivity contribution in [3.63, 3.8) is 0 Å². The van der Waals surface area contributed by atoms with Crippen molar-refractivity contribution < 1.29 is 14.4 Å². The first-order chi connectivity index (χ1) is 11.8. The summed E-state index contributed by atoms with van der Waals surface area (Å²) in [4.78, 5) is 51.3. The van der Waals surface area contributed by atoms with E-state index in [-0.39, 0.29) is 42.9 Å². The van der Waals surface area contributed by atoms with Gasteiger partial charge in [-0.25, -0.2) is 4.68 Å². The minimum absolute atomic E-state index is 0.139. The van der Waals surface area contributed by atoms with Crippen LogP contribution >= 0.6 is 0 Å². The van der Waals surface area contributed by atoms with E-state index in [2.05, 4.69) is 10.4 Å². The molecule has 3 amide bonds. The van der Waals surface area contributed by atoms with Gasteiger partial charge in [-0.3, -0.25) is 19.2 Å². The van der Waals surface area contributed by atoms with Crippen LogP contribution in [0.4, 0.5) is 0 Å². The number of aromatic nitrogens is 2. The standard InChI is InChI=1S/C16H23N5O4/c1-11-4-5-14(23)21(18-11)10-15(24)20-7-6-19(12(2)22)8-13(9-20)16(25)17-3/h4-5,13H,6-10H2,1-3H3,(H,17,25)/t13-/m0/s1. The third-order valence-electron chi connectivity index (χ3n) is 4.22. The minimum atomic E-state index is -0.512. The molecule has 136 valence electrons. The molecule has 1 saturated heterocycles. The molecule has 1 fully saturated rings. The summed E-state index contributed by atoms with van der Waals surface area (Å²) in [5, 5.41) is 6.62. The first-order valence-electron chi connectivity index (χ1n) is 8.11. The van der Waals surface area contributed by atoms with Crippen molar-refractivity contribution in [2.75, 3.05) is 33.2 Å². The van der Waals surface area contributed by atoms with Gasteiger partial charge in [0.2, 0.25) is 17.7 Å². The van der Waals surface area contributed by atoms with Gasteiger partial charge in [-0.1, -0.05) is 0 Å². The van der Waals surface area contributed by atoms with Gasteiger partial charge in [0.1, 0.15) is 6.54 Å². The maximum Gasteiger partial charge on any atom is 0.267 e. The first-order valence-corrected chi connectivity index (χ1v) is 8.11. The number of nitrogens with zero attached hydrogens (tertiary/aromatic N) is 4. The fourth-order valence-electron chi connectivity index (χ4n) is 2.79. The Bertz CT molecular complexity index is 729. The van der Waals surface area contributed by atoms with Gasteiger partial charge in [0.05, 0.1) is 11.6 Å². The van der Waals surface area contributed by atoms with Crippen molar-refractivity contribution in [2.45, 2.75) is 20.4 Å². The van der Waals surface area contributed by atoms with Gasteiger partial charge in [0.25, 0.3) is 5.56 Å². The SMILES string of the molecule is CNC(=O)[C@H]1CN(C(C)=O)CCN(C(=O)Cn2nc(C)ccc2=O)C1. The highest BCUT2D eigenvalue weighted by Crippen LogP contribution is 2.11. The van der Waals surface area contributed by atoms with Crippen LogP contribution in [0, 0.1) is 12.8 Å². The molecule has 2 heterocycles. The van der Waals surface area contributed by atoms with Crippen LogP contribution in [-0.2, 0) is 20.9 Å². The Hall–Kier alpha value is -2.71. The molecular formula is C16H23N5O4. The van der Waals surface area contributed by atoms with Crippen LogP contribution in [0.5, 0.6) is 0 Å². The van der Waals surface area contributed by atoms with Crippen molar-refractivity contribution in [3.05, 3.63) is 28.2 Å². The Morgan fingerprint density at radius 1 is 1.20 bits per heavy atom. The summed E-state index contributed by atoms with van der Waals surface area (Å²) >= 11 is 0. The van der Waals surface area contributed by atoms with Crippen LogP contribution in [-0.4, -0.2) is 70.5 Å². The Morgan fingerprint density at radius 3 is 2.48 bits per heavy atom. The fourth-order valence-corrected chi connectivity index (χ4v) is 2.79. The van der Waals surface area contributed by atoms with Gasteiger partial charge in [0, 0.05) is 46.2 Å². The van der Waals surface area contributed by atoms with E-state index in [1.165, 1.54) is 24.9 Å². The number of rotatable bonds is 3. The third-order valence-corrected chi connectivity index (χ3v) is 4.22. The molecular weight excluding hydrogens is 326 g/mol. The second-order valence-electron chi connectivity index (χ2n) is 6.09. The van der Waals surface area contributed by atoms with Gasteiger partial charge in [-0.05, 0) is 13.0 Å². The van der Waals surface area contributed by atoms with Gasteiger partial charge in [-0.15, -0.1) is 0 Å². The molecule has 25 heavy (non-hydrogen) atoms. The first kappa shape index (κ1) is 18.6. The second kappa shape index (κ2) is 7.91. The lowest BCUT2D eigenvalue weighted by Crippen LogP contribution is -2.43. The average Bonchev–Trinajstić information content (AvgIpc) is 2.80. The highest BCUT2D eigenvalue weighted by atomic mass is 16.2. The number of amides is 3. The Morgan fingerprint density at radius 2 is 1.84 bits per heavy atom. The quantitative estimate of drug-likeness (QED) is 0.723. The molecule has 1 aromatic rings. The van der Waals surface area contributed by atoms with E-state index < -0.39 is 5.92 Å². The van der Waals surface area contributed by atoms with Crippen molar-refractivity contribution in [3.8, 4) is 0 Å². The fraction of sp³-hybridized carbons (Fsp3) is 0.562. The highest BCUT2D eigenvalue weighted by molar-refractivity contribution is 5.82. The molecule has 0 spiro atoms. The van der Waals surface area contributed by atoms with E-state index >= 15 is 0 Å². The highest BCUT2D eigenvalue weighted by Gasteiger charge is 2.30. The Balaban J connectivity index is 2.17. The van der Waals surface area contributed by atoms with Crippen molar-refractivity contribution in [1.82, 2.24) is 24.9 Å². The summed E-state index contributed by atoms with van der Waals surface area (Å²) in [6.45, 7) is 4.11. The zero-order valence-corrected chi connectivity index (χ0v) is 14.7. The van der Waals surface area contributed by atoms with Crippen LogP contribution in [0.3, 0.4) is 0 Å². The summed E-state index contributed by atoms with van der Waals surface area (Å²) in [6, 6.07) is 2.95. The molecule has 1 atom stereocenters. The lowest BCUT2D eigenvalue weighted by Gasteiger charge is -2.23. The maximum absolute atomic E-state index is 12.6. The Kier molecular flexibility index (Phi) is 5.89. The summed E-state index contributed by atoms with van der Waals surface area (Å²) < 4.78 is 1.11. The molecule has 0 aliphatic carbocycles. The summed E-state index contributed by atoms with van der Waals surface area (Å²) in [5.74, 6) is -1.18. The van der Waals surface area contributed by atoms with Crippen LogP contribution in [0.1, 0.15) is 12.6 Å². The van der Waals surface area contributed by atoms with E-state index in [4.69, 9.17) is 0 Å². The molecule has 1 N–H and O–H groups in total. The molecule has 2 rings (SSSR count). The van der Waals surface area contributed by atoms with Crippen molar-refractivity contribution >= 4 is 17.7 Å².